The highest BCUT2D eigenvalue weighted by Gasteiger charge is 2.47. The van der Waals surface area contributed by atoms with Crippen LogP contribution in [0.3, 0.4) is 0 Å². The lowest BCUT2D eigenvalue weighted by Gasteiger charge is -2.40. The highest BCUT2D eigenvalue weighted by Crippen LogP contribution is 2.42. The third kappa shape index (κ3) is 6.77. The van der Waals surface area contributed by atoms with Crippen LogP contribution < -0.4 is 5.32 Å². The van der Waals surface area contributed by atoms with Crippen LogP contribution in [-0.4, -0.2) is 66.0 Å². The molecular formula is C30H36BrFN4O6S2. The molecule has 238 valence electrons. The number of hydrogen-bond donors (Lipinski definition) is 1. The molecule has 0 bridgehead atoms. The van der Waals surface area contributed by atoms with E-state index in [2.05, 4.69) is 26.2 Å². The largest absolute Gasteiger partial charge is 0.463 e. The van der Waals surface area contributed by atoms with Crippen LogP contribution in [0.5, 0.6) is 0 Å². The van der Waals surface area contributed by atoms with Gasteiger partial charge in [0.05, 0.1) is 27.8 Å². The van der Waals surface area contributed by atoms with Crippen molar-refractivity contribution in [2.24, 2.45) is 16.8 Å². The minimum absolute atomic E-state index is 0.137. The van der Waals surface area contributed by atoms with Gasteiger partial charge in [0.15, 0.2) is 10.8 Å². The second-order valence-corrected chi connectivity index (χ2v) is 16.0. The number of amidine groups is 1. The summed E-state index contributed by atoms with van der Waals surface area (Å²) in [6, 6.07) is 3.72. The third-order valence-corrected chi connectivity index (χ3v) is 11.9. The van der Waals surface area contributed by atoms with E-state index < -0.39 is 44.6 Å². The Morgan fingerprint density at radius 3 is 2.52 bits per heavy atom. The van der Waals surface area contributed by atoms with E-state index in [1.54, 1.807) is 46.0 Å². The molecule has 1 N–H and O–H groups in total. The lowest BCUT2D eigenvalue weighted by atomic mass is 9.85. The summed E-state index contributed by atoms with van der Waals surface area (Å²) in [5, 5.41) is 5.12. The number of aliphatic imine (C=N–C) groups is 1. The lowest BCUT2D eigenvalue weighted by Crippen LogP contribution is -2.50. The van der Waals surface area contributed by atoms with Gasteiger partial charge in [-0.2, -0.15) is 0 Å². The fourth-order valence-corrected chi connectivity index (χ4v) is 8.88. The van der Waals surface area contributed by atoms with E-state index in [4.69, 9.17) is 14.5 Å². The molecule has 3 heterocycles. The van der Waals surface area contributed by atoms with E-state index in [1.165, 1.54) is 21.7 Å². The van der Waals surface area contributed by atoms with Crippen molar-refractivity contribution in [1.29, 1.82) is 0 Å². The number of halogens is 2. The first-order chi connectivity index (χ1) is 20.8. The van der Waals surface area contributed by atoms with Crippen LogP contribution in [0.25, 0.3) is 0 Å². The van der Waals surface area contributed by atoms with Crippen LogP contribution in [0.1, 0.15) is 70.0 Å². The first-order valence-corrected chi connectivity index (χ1v) is 17.8. The summed E-state index contributed by atoms with van der Waals surface area (Å²) in [7, 11) is -3.62. The first kappa shape index (κ1) is 32.7. The number of esters is 2. The monoisotopic (exact) mass is 710 g/mol. The highest BCUT2D eigenvalue weighted by molar-refractivity contribution is 9.10. The number of ether oxygens (including phenoxy) is 2. The van der Waals surface area contributed by atoms with Gasteiger partial charge >= 0.3 is 11.9 Å². The Morgan fingerprint density at radius 1 is 1.20 bits per heavy atom. The van der Waals surface area contributed by atoms with Gasteiger partial charge in [-0.05, 0) is 80.9 Å². The van der Waals surface area contributed by atoms with E-state index in [0.29, 0.717) is 34.9 Å². The molecule has 3 aliphatic rings. The zero-order chi connectivity index (χ0) is 31.8. The molecule has 2 fully saturated rings. The second-order valence-electron chi connectivity index (χ2n) is 12.1. The predicted octanol–water partition coefficient (Wildman–Crippen LogP) is 5.12. The summed E-state index contributed by atoms with van der Waals surface area (Å²) in [6.07, 6.45) is 3.02. The molecule has 5 rings (SSSR count). The number of aromatic nitrogens is 1. The second kappa shape index (κ2) is 13.0. The summed E-state index contributed by atoms with van der Waals surface area (Å²) in [5.41, 5.74) is 0.682. The standard InChI is InChI=1S/C30H36BrFN4O6S2/c1-5-41-29(38)22-24(34-26(27-33-11-14-43-27)35-25(22)20-7-6-8-21(32)23(20)31)17-9-12-36(13-10-17)44(39,40)19-15-18(16-19)28(37)42-30(2,3)4/h6-8,11,14,17-19,25H,5,9-10,12-13,15-16H2,1-4H3,(H,34,35). The molecule has 1 unspecified atom stereocenters. The molecule has 1 saturated heterocycles. The van der Waals surface area contributed by atoms with E-state index in [0.717, 1.165) is 0 Å². The van der Waals surface area contributed by atoms with Gasteiger partial charge in [-0.15, -0.1) is 11.3 Å². The van der Waals surface area contributed by atoms with Gasteiger partial charge in [-0.1, -0.05) is 12.1 Å². The highest BCUT2D eigenvalue weighted by atomic mass is 79.9. The smallest absolute Gasteiger partial charge is 0.338 e. The predicted molar refractivity (Wildman–Crippen MR) is 168 cm³/mol. The van der Waals surface area contributed by atoms with Crippen LogP contribution in [0, 0.1) is 17.7 Å². The molecule has 1 saturated carbocycles. The topological polar surface area (TPSA) is 127 Å². The number of sulfonamides is 1. The molecule has 14 heteroatoms. The number of nitrogens with one attached hydrogen (secondary N) is 1. The van der Waals surface area contributed by atoms with Crippen molar-refractivity contribution in [3.05, 3.63) is 61.9 Å². The van der Waals surface area contributed by atoms with Gasteiger partial charge in [0, 0.05) is 36.3 Å². The van der Waals surface area contributed by atoms with Crippen LogP contribution >= 0.6 is 27.3 Å². The Kier molecular flexibility index (Phi) is 9.64. The number of carbonyl (C=O) groups is 2. The van der Waals surface area contributed by atoms with Crippen molar-refractivity contribution in [2.45, 2.75) is 70.3 Å². The zero-order valence-electron chi connectivity index (χ0n) is 25.0. The van der Waals surface area contributed by atoms with Gasteiger partial charge in [0.1, 0.15) is 17.5 Å². The molecule has 1 atom stereocenters. The van der Waals surface area contributed by atoms with E-state index in [1.807, 2.05) is 5.38 Å². The molecule has 1 aliphatic carbocycles. The van der Waals surface area contributed by atoms with Crippen molar-refractivity contribution >= 4 is 55.1 Å². The molecule has 44 heavy (non-hydrogen) atoms. The number of piperidine rings is 1. The number of rotatable bonds is 8. The molecule has 0 radical (unpaired) electrons. The van der Waals surface area contributed by atoms with E-state index in [-0.39, 0.29) is 54.5 Å². The number of nitrogens with zero attached hydrogens (tertiary/aromatic N) is 3. The molecule has 0 spiro atoms. The van der Waals surface area contributed by atoms with Crippen LogP contribution in [-0.2, 0) is 29.1 Å². The van der Waals surface area contributed by atoms with Crippen molar-refractivity contribution < 1.29 is 31.9 Å². The molecule has 10 nitrogen and oxygen atoms in total. The number of thiazole rings is 1. The molecule has 1 aromatic heterocycles. The normalized spacial score (nSPS) is 23.4. The molecule has 0 amide bonds. The maximum absolute atomic E-state index is 14.7. The maximum atomic E-state index is 14.7. The number of hydrogen-bond acceptors (Lipinski definition) is 10. The van der Waals surface area contributed by atoms with Gasteiger partial charge in [-0.3, -0.25) is 9.79 Å². The minimum atomic E-state index is -3.62. The molecule has 2 aromatic rings. The maximum Gasteiger partial charge on any atom is 0.338 e. The van der Waals surface area contributed by atoms with Crippen LogP contribution in [0.4, 0.5) is 4.39 Å². The SMILES string of the molecule is CCOC(=O)C1=C(C2CCN(S(=O)(=O)C3CC(C(=O)OC(C)(C)C)C3)CC2)NC(c2nccs2)=NC1c1cccc(F)c1Br. The van der Waals surface area contributed by atoms with Crippen molar-refractivity contribution in [1.82, 2.24) is 14.6 Å². The van der Waals surface area contributed by atoms with Crippen molar-refractivity contribution in [3.8, 4) is 0 Å². The van der Waals surface area contributed by atoms with Crippen molar-refractivity contribution in [3.63, 3.8) is 0 Å². The Labute approximate surface area is 269 Å². The van der Waals surface area contributed by atoms with Gasteiger partial charge in [0.25, 0.3) is 0 Å². The van der Waals surface area contributed by atoms with Crippen molar-refractivity contribution in [2.75, 3.05) is 19.7 Å². The number of carbonyl (C=O) groups excluding carboxylic acids is 2. The summed E-state index contributed by atoms with van der Waals surface area (Å²) in [4.78, 5) is 35.1. The van der Waals surface area contributed by atoms with Gasteiger partial charge in [0.2, 0.25) is 10.0 Å². The lowest BCUT2D eigenvalue weighted by molar-refractivity contribution is -0.162. The minimum Gasteiger partial charge on any atom is -0.463 e. The Hall–Kier alpha value is -2.68. The molecule has 1 aromatic carbocycles. The van der Waals surface area contributed by atoms with E-state index in [9.17, 15) is 22.4 Å². The number of benzene rings is 1. The Bertz CT molecular complexity index is 1570. The molecular weight excluding hydrogens is 675 g/mol. The Morgan fingerprint density at radius 2 is 1.91 bits per heavy atom. The van der Waals surface area contributed by atoms with Gasteiger partial charge < -0.3 is 14.8 Å². The molecule has 2 aliphatic heterocycles. The summed E-state index contributed by atoms with van der Waals surface area (Å²) >= 11 is 4.72. The third-order valence-electron chi connectivity index (χ3n) is 7.96. The fourth-order valence-electron chi connectivity index (χ4n) is 5.72. The average molecular weight is 712 g/mol. The number of allylic oxidation sites excluding steroid dienone is 1. The van der Waals surface area contributed by atoms with Gasteiger partial charge in [-0.25, -0.2) is 26.9 Å². The van der Waals surface area contributed by atoms with Crippen LogP contribution in [0.15, 0.2) is 50.5 Å². The summed E-state index contributed by atoms with van der Waals surface area (Å²) < 4.78 is 54.2. The van der Waals surface area contributed by atoms with Crippen LogP contribution in [0.2, 0.25) is 0 Å². The summed E-state index contributed by atoms with van der Waals surface area (Å²) in [5.74, 6) is -1.62. The summed E-state index contributed by atoms with van der Waals surface area (Å²) in [6.45, 7) is 7.71. The average Bonchev–Trinajstić information content (AvgIpc) is 3.47. The fraction of sp³-hybridized carbons (Fsp3) is 0.533. The quantitative estimate of drug-likeness (QED) is 0.375. The van der Waals surface area contributed by atoms with E-state index >= 15 is 0 Å². The zero-order valence-corrected chi connectivity index (χ0v) is 28.2. The first-order valence-electron chi connectivity index (χ1n) is 14.6. The Balaban J connectivity index is 1.39.